The van der Waals surface area contributed by atoms with Gasteiger partial charge in [0.25, 0.3) is 0 Å². The Morgan fingerprint density at radius 2 is 1.88 bits per heavy atom. The van der Waals surface area contributed by atoms with Crippen molar-refractivity contribution in [2.24, 2.45) is 0 Å². The number of anilines is 3. The molecule has 0 aliphatic carbocycles. The van der Waals surface area contributed by atoms with E-state index in [1.807, 2.05) is 52.8 Å². The van der Waals surface area contributed by atoms with Gasteiger partial charge in [0, 0.05) is 64.0 Å². The first-order valence-corrected chi connectivity index (χ1v) is 13.4. The van der Waals surface area contributed by atoms with Crippen LogP contribution >= 0.6 is 11.6 Å². The summed E-state index contributed by atoms with van der Waals surface area (Å²) < 4.78 is 7.56. The predicted octanol–water partition coefficient (Wildman–Crippen LogP) is 3.89. The smallest absolute Gasteiger partial charge is 0.227 e. The SMILES string of the molecule is CCC(=O)NCc1ccn2c(-c3nc(Nc4ccc(N5CCN(C(C)=O)CC5)cc4OC)ncc3Cl)cnc2c1. The van der Waals surface area contributed by atoms with Crippen molar-refractivity contribution in [1.82, 2.24) is 29.6 Å². The molecule has 0 bridgehead atoms. The Morgan fingerprint density at radius 1 is 1.07 bits per heavy atom. The number of hydrogen-bond acceptors (Lipinski definition) is 8. The highest BCUT2D eigenvalue weighted by molar-refractivity contribution is 6.32. The molecule has 0 radical (unpaired) electrons. The number of rotatable bonds is 8. The van der Waals surface area contributed by atoms with Gasteiger partial charge in [-0.25, -0.2) is 15.0 Å². The van der Waals surface area contributed by atoms with Crippen molar-refractivity contribution in [2.45, 2.75) is 26.8 Å². The third-order valence-electron chi connectivity index (χ3n) is 6.90. The highest BCUT2D eigenvalue weighted by atomic mass is 35.5. The maximum absolute atomic E-state index is 11.7. The largest absolute Gasteiger partial charge is 0.494 e. The van der Waals surface area contributed by atoms with Gasteiger partial charge in [-0.05, 0) is 29.8 Å². The predicted molar refractivity (Wildman–Crippen MR) is 154 cm³/mol. The molecule has 4 aromatic rings. The van der Waals surface area contributed by atoms with E-state index in [0.29, 0.717) is 65.5 Å². The first-order chi connectivity index (χ1) is 19.4. The number of fused-ring (bicyclic) bond motifs is 1. The van der Waals surface area contributed by atoms with E-state index in [0.717, 1.165) is 24.3 Å². The summed E-state index contributed by atoms with van der Waals surface area (Å²) in [4.78, 5) is 40.9. The zero-order valence-electron chi connectivity index (χ0n) is 22.6. The number of amides is 2. The maximum Gasteiger partial charge on any atom is 0.227 e. The van der Waals surface area contributed by atoms with Gasteiger partial charge in [0.2, 0.25) is 17.8 Å². The Morgan fingerprint density at radius 3 is 2.60 bits per heavy atom. The van der Waals surface area contributed by atoms with Crippen LogP contribution in [-0.4, -0.2) is 69.4 Å². The van der Waals surface area contributed by atoms with Gasteiger partial charge in [0.05, 0.1) is 35.9 Å². The van der Waals surface area contributed by atoms with Crippen LogP contribution in [-0.2, 0) is 16.1 Å². The average molecular weight is 563 g/mol. The quantitative estimate of drug-likeness (QED) is 0.332. The maximum atomic E-state index is 11.7. The van der Waals surface area contributed by atoms with Crippen LogP contribution in [0.15, 0.2) is 48.9 Å². The molecule has 2 N–H and O–H groups in total. The van der Waals surface area contributed by atoms with Gasteiger partial charge in [0.15, 0.2) is 0 Å². The van der Waals surface area contributed by atoms with Gasteiger partial charge < -0.3 is 25.2 Å². The van der Waals surface area contributed by atoms with E-state index in [9.17, 15) is 9.59 Å². The Hall–Kier alpha value is -4.38. The van der Waals surface area contributed by atoms with E-state index in [4.69, 9.17) is 21.3 Å². The van der Waals surface area contributed by atoms with E-state index in [2.05, 4.69) is 25.5 Å². The summed E-state index contributed by atoms with van der Waals surface area (Å²) in [6, 6.07) is 9.74. The Bertz CT molecular complexity index is 1550. The number of carbonyl (C=O) groups is 2. The number of pyridine rings is 1. The second kappa shape index (κ2) is 11.8. The molecule has 5 rings (SSSR count). The summed E-state index contributed by atoms with van der Waals surface area (Å²) in [5.41, 5.74) is 4.61. The van der Waals surface area contributed by atoms with Gasteiger partial charge in [-0.1, -0.05) is 18.5 Å². The van der Waals surface area contributed by atoms with E-state index >= 15 is 0 Å². The van der Waals surface area contributed by atoms with Crippen LogP contribution in [0, 0.1) is 0 Å². The number of nitrogens with zero attached hydrogens (tertiary/aromatic N) is 6. The van der Waals surface area contributed by atoms with Crippen molar-refractivity contribution in [2.75, 3.05) is 43.5 Å². The lowest BCUT2D eigenvalue weighted by atomic mass is 10.2. The number of piperazine rings is 1. The molecule has 0 unspecified atom stereocenters. The van der Waals surface area contributed by atoms with Crippen LogP contribution in [0.25, 0.3) is 17.0 Å². The Kier molecular flexibility index (Phi) is 8.01. The van der Waals surface area contributed by atoms with E-state index < -0.39 is 0 Å². The number of ether oxygens (including phenoxy) is 1. The lowest BCUT2D eigenvalue weighted by Crippen LogP contribution is -2.48. The first kappa shape index (κ1) is 27.2. The number of methoxy groups -OCH3 is 1. The second-order valence-corrected chi connectivity index (χ2v) is 9.84. The lowest BCUT2D eigenvalue weighted by molar-refractivity contribution is -0.129. The van der Waals surface area contributed by atoms with Gasteiger partial charge in [-0.15, -0.1) is 0 Å². The van der Waals surface area contributed by atoms with Crippen LogP contribution < -0.4 is 20.3 Å². The summed E-state index contributed by atoms with van der Waals surface area (Å²) in [6.07, 6.45) is 5.58. The summed E-state index contributed by atoms with van der Waals surface area (Å²) in [7, 11) is 1.62. The van der Waals surface area contributed by atoms with Gasteiger partial charge >= 0.3 is 0 Å². The standard InChI is InChI=1S/C28H31ClN8O3/c1-4-26(39)31-15-19-7-8-37-23(17-30-25(37)13-19)27-21(29)16-32-28(34-27)33-22-6-5-20(14-24(22)40-3)36-11-9-35(10-12-36)18(2)38/h5-8,13-14,16-17H,4,9-12,15H2,1-3H3,(H,31,39)(H,32,33,34). The zero-order chi connectivity index (χ0) is 28.2. The van der Waals surface area contributed by atoms with E-state index in [-0.39, 0.29) is 11.8 Å². The van der Waals surface area contributed by atoms with Crippen molar-refractivity contribution in [1.29, 1.82) is 0 Å². The molecule has 208 valence electrons. The minimum absolute atomic E-state index is 0.00419. The first-order valence-electron chi connectivity index (χ1n) is 13.1. The third kappa shape index (κ3) is 5.79. The highest BCUT2D eigenvalue weighted by Gasteiger charge is 2.20. The monoisotopic (exact) mass is 562 g/mol. The molecule has 1 aliphatic rings. The Labute approximate surface area is 237 Å². The van der Waals surface area contributed by atoms with Crippen LogP contribution in [0.3, 0.4) is 0 Å². The number of halogens is 1. The van der Waals surface area contributed by atoms with Crippen molar-refractivity contribution < 1.29 is 14.3 Å². The summed E-state index contributed by atoms with van der Waals surface area (Å²) in [5, 5.41) is 6.51. The molecule has 3 aromatic heterocycles. The van der Waals surface area contributed by atoms with Crippen molar-refractivity contribution >= 4 is 46.4 Å². The number of benzene rings is 1. The van der Waals surface area contributed by atoms with Gasteiger partial charge in [-0.2, -0.15) is 0 Å². The van der Waals surface area contributed by atoms with E-state index in [1.165, 1.54) is 0 Å². The Balaban J connectivity index is 1.35. The average Bonchev–Trinajstić information content (AvgIpc) is 3.40. The molecule has 0 spiro atoms. The lowest BCUT2D eigenvalue weighted by Gasteiger charge is -2.35. The molecule has 0 atom stereocenters. The molecule has 4 heterocycles. The van der Waals surface area contributed by atoms with Crippen LogP contribution in [0.5, 0.6) is 5.75 Å². The van der Waals surface area contributed by atoms with E-state index in [1.54, 1.807) is 26.4 Å². The topological polar surface area (TPSA) is 117 Å². The van der Waals surface area contributed by atoms with Crippen LogP contribution in [0.4, 0.5) is 17.3 Å². The molecule has 12 heteroatoms. The molecule has 40 heavy (non-hydrogen) atoms. The summed E-state index contributed by atoms with van der Waals surface area (Å²) in [6.45, 7) is 6.76. The minimum atomic E-state index is -0.00419. The molecule has 2 amide bonds. The molecular weight excluding hydrogens is 532 g/mol. The normalized spacial score (nSPS) is 13.4. The highest BCUT2D eigenvalue weighted by Crippen LogP contribution is 2.33. The molecule has 1 saturated heterocycles. The molecule has 1 aliphatic heterocycles. The number of carbonyl (C=O) groups excluding carboxylic acids is 2. The summed E-state index contributed by atoms with van der Waals surface area (Å²) >= 11 is 6.52. The van der Waals surface area contributed by atoms with Gasteiger partial charge in [-0.3, -0.25) is 14.0 Å². The number of nitrogens with one attached hydrogen (secondary N) is 2. The minimum Gasteiger partial charge on any atom is -0.494 e. The fourth-order valence-electron chi connectivity index (χ4n) is 4.62. The number of hydrogen-bond donors (Lipinski definition) is 2. The molecular formula is C28H31ClN8O3. The molecule has 1 fully saturated rings. The molecule has 1 aromatic carbocycles. The number of imidazole rings is 1. The molecule has 0 saturated carbocycles. The van der Waals surface area contributed by atoms with Crippen molar-refractivity contribution in [3.8, 4) is 17.1 Å². The number of aromatic nitrogens is 4. The third-order valence-corrected chi connectivity index (χ3v) is 7.17. The van der Waals surface area contributed by atoms with Gasteiger partial charge in [0.1, 0.15) is 17.1 Å². The summed E-state index contributed by atoms with van der Waals surface area (Å²) in [5.74, 6) is 1.10. The fourth-order valence-corrected chi connectivity index (χ4v) is 4.81. The van der Waals surface area contributed by atoms with Crippen molar-refractivity contribution in [3.05, 3.63) is 59.5 Å². The zero-order valence-corrected chi connectivity index (χ0v) is 23.4. The van der Waals surface area contributed by atoms with Crippen molar-refractivity contribution in [3.63, 3.8) is 0 Å². The molecule has 11 nitrogen and oxygen atoms in total. The van der Waals surface area contributed by atoms with Crippen LogP contribution in [0.2, 0.25) is 5.02 Å². The fraction of sp³-hybridized carbons (Fsp3) is 0.321. The van der Waals surface area contributed by atoms with Crippen LogP contribution in [0.1, 0.15) is 25.8 Å². The second-order valence-electron chi connectivity index (χ2n) is 9.43.